The van der Waals surface area contributed by atoms with Crippen molar-refractivity contribution in [2.75, 3.05) is 6.54 Å². The molecule has 0 radical (unpaired) electrons. The smallest absolute Gasteiger partial charge is 0.149 e. The average molecular weight is 144 g/mol. The Morgan fingerprint density at radius 1 is 1.56 bits per heavy atom. The maximum absolute atomic E-state index is 8.07. The Kier molecular flexibility index (Phi) is 7.63. The van der Waals surface area contributed by atoms with Gasteiger partial charge in [0.15, 0.2) is 0 Å². The minimum absolute atomic E-state index is 0.950. The van der Waals surface area contributed by atoms with Crippen molar-refractivity contribution in [2.24, 2.45) is 0 Å². The average Bonchev–Trinajstić information content (AvgIpc) is 1.89. The second-order valence-corrected chi connectivity index (χ2v) is 2.47. The molecule has 0 aromatic rings. The zero-order valence-corrected chi connectivity index (χ0v) is 6.50. The first kappa shape index (κ1) is 8.80. The van der Waals surface area contributed by atoms with E-state index in [4.69, 9.17) is 5.26 Å². The molecule has 0 saturated carbocycles. The largest absolute Gasteiger partial charge is 0.251 e. The second kappa shape index (κ2) is 7.80. The lowest BCUT2D eigenvalue weighted by atomic mass is 10.3. The highest BCUT2D eigenvalue weighted by atomic mass is 32.2. The molecule has 0 rings (SSSR count). The molecule has 1 N–H and O–H groups in total. The Bertz CT molecular complexity index is 87.5. The summed E-state index contributed by atoms with van der Waals surface area (Å²) in [6, 6.07) is 0. The Labute approximate surface area is 60.8 Å². The number of nitrogens with zero attached hydrogens (tertiary/aromatic N) is 1. The highest BCUT2D eigenvalue weighted by Crippen LogP contribution is 1.94. The predicted molar refractivity (Wildman–Crippen MR) is 40.7 cm³/mol. The van der Waals surface area contributed by atoms with E-state index in [1.54, 1.807) is 0 Å². The summed E-state index contributed by atoms with van der Waals surface area (Å²) in [5, 5.41) is 10.0. The quantitative estimate of drug-likeness (QED) is 0.363. The summed E-state index contributed by atoms with van der Waals surface area (Å²) >= 11 is 1.11. The molecule has 0 amide bonds. The van der Waals surface area contributed by atoms with E-state index in [-0.39, 0.29) is 0 Å². The SMILES string of the molecule is CCCCCNSC#N. The molecule has 0 aliphatic heterocycles. The van der Waals surface area contributed by atoms with Gasteiger partial charge in [-0.2, -0.15) is 5.26 Å². The van der Waals surface area contributed by atoms with Gasteiger partial charge in [-0.25, -0.2) is 0 Å². The molecule has 0 heterocycles. The molecular formula is C6H12N2S. The Balaban J connectivity index is 2.69. The molecule has 0 unspecified atom stereocenters. The van der Waals surface area contributed by atoms with E-state index in [2.05, 4.69) is 11.6 Å². The maximum Gasteiger partial charge on any atom is 0.149 e. The van der Waals surface area contributed by atoms with Crippen molar-refractivity contribution >= 4 is 11.9 Å². The number of thiocyanates is 1. The van der Waals surface area contributed by atoms with Crippen molar-refractivity contribution in [2.45, 2.75) is 26.2 Å². The number of unbranched alkanes of at least 4 members (excludes halogenated alkanes) is 2. The van der Waals surface area contributed by atoms with Crippen LogP contribution in [0.15, 0.2) is 0 Å². The Morgan fingerprint density at radius 2 is 2.33 bits per heavy atom. The van der Waals surface area contributed by atoms with E-state index >= 15 is 0 Å². The van der Waals surface area contributed by atoms with Crippen LogP contribution in [0, 0.1) is 10.7 Å². The predicted octanol–water partition coefficient (Wildman–Crippen LogP) is 1.90. The van der Waals surface area contributed by atoms with E-state index < -0.39 is 0 Å². The van der Waals surface area contributed by atoms with Crippen LogP contribution in [0.5, 0.6) is 0 Å². The molecule has 0 aromatic carbocycles. The molecule has 0 atom stereocenters. The van der Waals surface area contributed by atoms with Gasteiger partial charge in [-0.1, -0.05) is 19.8 Å². The zero-order valence-electron chi connectivity index (χ0n) is 5.68. The maximum atomic E-state index is 8.07. The fourth-order valence-electron chi connectivity index (χ4n) is 0.530. The van der Waals surface area contributed by atoms with Crippen molar-refractivity contribution in [1.82, 2.24) is 4.72 Å². The van der Waals surface area contributed by atoms with Crippen LogP contribution >= 0.6 is 11.9 Å². The first-order valence-corrected chi connectivity index (χ1v) is 4.01. The summed E-state index contributed by atoms with van der Waals surface area (Å²) < 4.78 is 2.93. The molecule has 0 aromatic heterocycles. The lowest BCUT2D eigenvalue weighted by Crippen LogP contribution is -2.03. The Morgan fingerprint density at radius 3 is 2.89 bits per heavy atom. The number of nitrogens with one attached hydrogen (secondary N) is 1. The van der Waals surface area contributed by atoms with Gasteiger partial charge in [0, 0.05) is 18.5 Å². The van der Waals surface area contributed by atoms with Gasteiger partial charge in [-0.05, 0) is 6.42 Å². The van der Waals surface area contributed by atoms with Crippen LogP contribution in [0.2, 0.25) is 0 Å². The number of nitriles is 1. The van der Waals surface area contributed by atoms with E-state index in [1.165, 1.54) is 19.3 Å². The normalized spacial score (nSPS) is 8.89. The van der Waals surface area contributed by atoms with E-state index in [1.807, 2.05) is 5.40 Å². The van der Waals surface area contributed by atoms with Crippen LogP contribution in [0.25, 0.3) is 0 Å². The van der Waals surface area contributed by atoms with Crippen LogP contribution in [-0.2, 0) is 0 Å². The fourth-order valence-corrected chi connectivity index (χ4v) is 0.841. The third kappa shape index (κ3) is 7.80. The van der Waals surface area contributed by atoms with E-state index in [0.717, 1.165) is 18.5 Å². The second-order valence-electron chi connectivity index (χ2n) is 1.79. The minimum atomic E-state index is 0.950. The van der Waals surface area contributed by atoms with E-state index in [9.17, 15) is 0 Å². The van der Waals surface area contributed by atoms with Gasteiger partial charge in [0.1, 0.15) is 5.40 Å². The van der Waals surface area contributed by atoms with Crippen LogP contribution < -0.4 is 4.72 Å². The summed E-state index contributed by atoms with van der Waals surface area (Å²) in [4.78, 5) is 0. The molecule has 0 bridgehead atoms. The summed E-state index contributed by atoms with van der Waals surface area (Å²) in [7, 11) is 0. The summed E-state index contributed by atoms with van der Waals surface area (Å²) in [5.74, 6) is 0. The molecular weight excluding hydrogens is 132 g/mol. The molecule has 0 spiro atoms. The van der Waals surface area contributed by atoms with Crippen LogP contribution in [0.3, 0.4) is 0 Å². The van der Waals surface area contributed by atoms with Crippen molar-refractivity contribution < 1.29 is 0 Å². The number of rotatable bonds is 5. The van der Waals surface area contributed by atoms with Crippen molar-refractivity contribution in [3.8, 4) is 5.40 Å². The van der Waals surface area contributed by atoms with Crippen LogP contribution in [0.1, 0.15) is 26.2 Å². The first-order chi connectivity index (χ1) is 4.41. The molecule has 0 aliphatic carbocycles. The number of hydrogen-bond acceptors (Lipinski definition) is 3. The van der Waals surface area contributed by atoms with Crippen molar-refractivity contribution in [3.05, 3.63) is 0 Å². The molecule has 0 saturated heterocycles. The first-order valence-electron chi connectivity index (χ1n) is 3.19. The van der Waals surface area contributed by atoms with Gasteiger partial charge < -0.3 is 0 Å². The van der Waals surface area contributed by atoms with Crippen molar-refractivity contribution in [1.29, 1.82) is 5.26 Å². The monoisotopic (exact) mass is 144 g/mol. The topological polar surface area (TPSA) is 35.8 Å². The summed E-state index contributed by atoms with van der Waals surface area (Å²) in [6.07, 6.45) is 3.66. The summed E-state index contributed by atoms with van der Waals surface area (Å²) in [5.41, 5.74) is 0. The molecule has 52 valence electrons. The summed E-state index contributed by atoms with van der Waals surface area (Å²) in [6.45, 7) is 3.11. The fraction of sp³-hybridized carbons (Fsp3) is 0.833. The van der Waals surface area contributed by atoms with Gasteiger partial charge in [0.05, 0.1) is 0 Å². The molecule has 9 heavy (non-hydrogen) atoms. The molecule has 0 aliphatic rings. The van der Waals surface area contributed by atoms with Gasteiger partial charge in [0.2, 0.25) is 0 Å². The Hall–Kier alpha value is -0.200. The van der Waals surface area contributed by atoms with Gasteiger partial charge >= 0.3 is 0 Å². The highest BCUT2D eigenvalue weighted by molar-refractivity contribution is 8.01. The van der Waals surface area contributed by atoms with Gasteiger partial charge in [-0.3, -0.25) is 4.72 Å². The zero-order chi connectivity index (χ0) is 6.95. The molecule has 3 heteroatoms. The van der Waals surface area contributed by atoms with Crippen LogP contribution in [-0.4, -0.2) is 6.54 Å². The highest BCUT2D eigenvalue weighted by Gasteiger charge is 1.84. The van der Waals surface area contributed by atoms with Gasteiger partial charge in [-0.15, -0.1) is 0 Å². The third-order valence-electron chi connectivity index (χ3n) is 1.00. The standard InChI is InChI=1S/C6H12N2S/c1-2-3-4-5-8-9-6-7/h8H,2-5H2,1H3. The lowest BCUT2D eigenvalue weighted by Gasteiger charge is -1.94. The molecule has 2 nitrogen and oxygen atoms in total. The van der Waals surface area contributed by atoms with Crippen LogP contribution in [0.4, 0.5) is 0 Å². The van der Waals surface area contributed by atoms with E-state index in [0.29, 0.717) is 0 Å². The number of hydrogen-bond donors (Lipinski definition) is 1. The molecule has 0 fully saturated rings. The van der Waals surface area contributed by atoms with Crippen molar-refractivity contribution in [3.63, 3.8) is 0 Å². The lowest BCUT2D eigenvalue weighted by molar-refractivity contribution is 0.709. The minimum Gasteiger partial charge on any atom is -0.251 e. The third-order valence-corrected chi connectivity index (χ3v) is 1.44. The van der Waals surface area contributed by atoms with Gasteiger partial charge in [0.25, 0.3) is 0 Å².